The van der Waals surface area contributed by atoms with Gasteiger partial charge in [0.1, 0.15) is 5.82 Å². The van der Waals surface area contributed by atoms with Crippen molar-refractivity contribution in [2.24, 2.45) is 0 Å². The van der Waals surface area contributed by atoms with E-state index < -0.39 is 35.5 Å². The van der Waals surface area contributed by atoms with Crippen LogP contribution in [0.15, 0.2) is 36.4 Å². The van der Waals surface area contributed by atoms with Crippen LogP contribution >= 0.6 is 0 Å². The van der Waals surface area contributed by atoms with Crippen molar-refractivity contribution in [3.05, 3.63) is 70.5 Å². The van der Waals surface area contributed by atoms with Crippen molar-refractivity contribution in [2.45, 2.75) is 26.0 Å². The molecule has 2 unspecified atom stereocenters. The Kier molecular flexibility index (Phi) is 5.05. The molecule has 0 fully saturated rings. The summed E-state index contributed by atoms with van der Waals surface area (Å²) in [6, 6.07) is 6.02. The molecule has 23 heavy (non-hydrogen) atoms. The van der Waals surface area contributed by atoms with E-state index in [1.54, 1.807) is 6.92 Å². The maximum Gasteiger partial charge on any atom is 0.251 e. The van der Waals surface area contributed by atoms with Gasteiger partial charge in [0, 0.05) is 5.56 Å². The molecule has 0 bridgehead atoms. The SMILES string of the molecule is Cc1cc(F)ccc1C(=O)NC(C)C(O)c1ccc(F)c(F)c1. The summed E-state index contributed by atoms with van der Waals surface area (Å²) in [5, 5.41) is 12.7. The number of rotatable bonds is 4. The molecule has 122 valence electrons. The van der Waals surface area contributed by atoms with Crippen LogP contribution in [0.1, 0.15) is 34.5 Å². The van der Waals surface area contributed by atoms with Crippen LogP contribution in [0.5, 0.6) is 0 Å². The highest BCUT2D eigenvalue weighted by Gasteiger charge is 2.21. The second-order valence-corrected chi connectivity index (χ2v) is 5.34. The van der Waals surface area contributed by atoms with Gasteiger partial charge in [-0.05, 0) is 55.3 Å². The summed E-state index contributed by atoms with van der Waals surface area (Å²) in [5.74, 6) is -3.03. The predicted octanol–water partition coefficient (Wildman–Crippen LogP) is 3.26. The molecule has 0 aromatic heterocycles. The van der Waals surface area contributed by atoms with E-state index in [0.717, 1.165) is 12.1 Å². The molecule has 0 aliphatic heterocycles. The van der Waals surface area contributed by atoms with Crippen LogP contribution in [0.3, 0.4) is 0 Å². The molecular weight excluding hydrogens is 307 g/mol. The highest BCUT2D eigenvalue weighted by atomic mass is 19.2. The van der Waals surface area contributed by atoms with E-state index in [1.807, 2.05) is 0 Å². The number of hydrogen-bond donors (Lipinski definition) is 2. The Labute approximate surface area is 131 Å². The normalized spacial score (nSPS) is 13.5. The van der Waals surface area contributed by atoms with Crippen molar-refractivity contribution in [1.29, 1.82) is 0 Å². The number of aryl methyl sites for hydroxylation is 1. The predicted molar refractivity (Wildman–Crippen MR) is 79.4 cm³/mol. The molecule has 0 radical (unpaired) electrons. The lowest BCUT2D eigenvalue weighted by Gasteiger charge is -2.21. The van der Waals surface area contributed by atoms with Gasteiger partial charge in [-0.2, -0.15) is 0 Å². The zero-order valence-corrected chi connectivity index (χ0v) is 12.6. The van der Waals surface area contributed by atoms with Gasteiger partial charge < -0.3 is 10.4 Å². The third kappa shape index (κ3) is 3.90. The second-order valence-electron chi connectivity index (χ2n) is 5.34. The molecule has 2 N–H and O–H groups in total. The first-order valence-corrected chi connectivity index (χ1v) is 6.99. The number of hydrogen-bond acceptors (Lipinski definition) is 2. The zero-order chi connectivity index (χ0) is 17.1. The molecule has 0 aliphatic rings. The highest BCUT2D eigenvalue weighted by Crippen LogP contribution is 2.20. The maximum atomic E-state index is 13.2. The van der Waals surface area contributed by atoms with Gasteiger partial charge in [-0.1, -0.05) is 6.07 Å². The third-order valence-corrected chi connectivity index (χ3v) is 3.55. The third-order valence-electron chi connectivity index (χ3n) is 3.55. The Bertz CT molecular complexity index is 734. The lowest BCUT2D eigenvalue weighted by Crippen LogP contribution is -2.37. The lowest BCUT2D eigenvalue weighted by atomic mass is 10.0. The average molecular weight is 323 g/mol. The van der Waals surface area contributed by atoms with Gasteiger partial charge in [-0.25, -0.2) is 13.2 Å². The summed E-state index contributed by atoms with van der Waals surface area (Å²) < 4.78 is 39.2. The summed E-state index contributed by atoms with van der Waals surface area (Å²) in [7, 11) is 0. The van der Waals surface area contributed by atoms with E-state index in [1.165, 1.54) is 31.2 Å². The Morgan fingerprint density at radius 2 is 1.78 bits per heavy atom. The molecule has 2 rings (SSSR count). The van der Waals surface area contributed by atoms with Crippen LogP contribution in [0.25, 0.3) is 0 Å². The molecule has 0 saturated carbocycles. The van der Waals surface area contributed by atoms with Crippen LogP contribution in [0, 0.1) is 24.4 Å². The molecule has 2 aromatic rings. The molecule has 1 amide bonds. The van der Waals surface area contributed by atoms with Gasteiger partial charge in [-0.15, -0.1) is 0 Å². The Hall–Kier alpha value is -2.34. The molecule has 3 nitrogen and oxygen atoms in total. The van der Waals surface area contributed by atoms with E-state index in [9.17, 15) is 23.1 Å². The van der Waals surface area contributed by atoms with Crippen molar-refractivity contribution >= 4 is 5.91 Å². The summed E-state index contributed by atoms with van der Waals surface area (Å²) in [4.78, 5) is 12.2. The Morgan fingerprint density at radius 3 is 2.39 bits per heavy atom. The summed E-state index contributed by atoms with van der Waals surface area (Å²) in [6.07, 6.45) is -1.21. The fourth-order valence-corrected chi connectivity index (χ4v) is 2.23. The number of aliphatic hydroxyl groups excluding tert-OH is 1. The highest BCUT2D eigenvalue weighted by molar-refractivity contribution is 5.95. The Morgan fingerprint density at radius 1 is 1.09 bits per heavy atom. The molecule has 0 aliphatic carbocycles. The molecule has 2 atom stereocenters. The number of carbonyl (C=O) groups is 1. The van der Waals surface area contributed by atoms with Crippen LogP contribution in [0.2, 0.25) is 0 Å². The fraction of sp³-hybridized carbons (Fsp3) is 0.235. The number of aliphatic hydroxyl groups is 1. The van der Waals surface area contributed by atoms with Crippen molar-refractivity contribution in [3.63, 3.8) is 0 Å². The summed E-state index contributed by atoms with van der Waals surface area (Å²) in [6.45, 7) is 3.12. The van der Waals surface area contributed by atoms with E-state index >= 15 is 0 Å². The Balaban J connectivity index is 2.12. The molecule has 2 aromatic carbocycles. The van der Waals surface area contributed by atoms with E-state index in [4.69, 9.17) is 0 Å². The van der Waals surface area contributed by atoms with E-state index in [-0.39, 0.29) is 11.1 Å². The van der Waals surface area contributed by atoms with E-state index in [0.29, 0.717) is 5.56 Å². The molecule has 0 saturated heterocycles. The van der Waals surface area contributed by atoms with Crippen molar-refractivity contribution in [3.8, 4) is 0 Å². The topological polar surface area (TPSA) is 49.3 Å². The van der Waals surface area contributed by atoms with Gasteiger partial charge in [0.15, 0.2) is 11.6 Å². The zero-order valence-electron chi connectivity index (χ0n) is 12.6. The van der Waals surface area contributed by atoms with Gasteiger partial charge >= 0.3 is 0 Å². The lowest BCUT2D eigenvalue weighted by molar-refractivity contribution is 0.0851. The van der Waals surface area contributed by atoms with E-state index in [2.05, 4.69) is 5.32 Å². The quantitative estimate of drug-likeness (QED) is 0.907. The second kappa shape index (κ2) is 6.83. The first-order chi connectivity index (χ1) is 10.8. The summed E-state index contributed by atoms with van der Waals surface area (Å²) in [5.41, 5.74) is 0.875. The number of nitrogens with one attached hydrogen (secondary N) is 1. The van der Waals surface area contributed by atoms with Crippen LogP contribution in [-0.2, 0) is 0 Å². The van der Waals surface area contributed by atoms with Gasteiger partial charge in [0.25, 0.3) is 5.91 Å². The van der Waals surface area contributed by atoms with Crippen molar-refractivity contribution in [1.82, 2.24) is 5.32 Å². The maximum absolute atomic E-state index is 13.2. The number of halogens is 3. The number of amides is 1. The van der Waals surface area contributed by atoms with Crippen LogP contribution < -0.4 is 5.32 Å². The smallest absolute Gasteiger partial charge is 0.251 e. The number of benzene rings is 2. The summed E-state index contributed by atoms with van der Waals surface area (Å²) >= 11 is 0. The van der Waals surface area contributed by atoms with Crippen LogP contribution in [-0.4, -0.2) is 17.1 Å². The monoisotopic (exact) mass is 323 g/mol. The first kappa shape index (κ1) is 17.0. The van der Waals surface area contributed by atoms with Crippen LogP contribution in [0.4, 0.5) is 13.2 Å². The number of carbonyl (C=O) groups excluding carboxylic acids is 1. The fourth-order valence-electron chi connectivity index (χ4n) is 2.23. The van der Waals surface area contributed by atoms with Crippen molar-refractivity contribution in [2.75, 3.05) is 0 Å². The van der Waals surface area contributed by atoms with Gasteiger partial charge in [0.2, 0.25) is 0 Å². The largest absolute Gasteiger partial charge is 0.386 e. The minimum absolute atomic E-state index is 0.146. The molecule has 0 heterocycles. The van der Waals surface area contributed by atoms with Gasteiger partial charge in [0.05, 0.1) is 12.1 Å². The minimum atomic E-state index is -1.21. The minimum Gasteiger partial charge on any atom is -0.386 e. The van der Waals surface area contributed by atoms with Gasteiger partial charge in [-0.3, -0.25) is 4.79 Å². The first-order valence-electron chi connectivity index (χ1n) is 6.99. The average Bonchev–Trinajstić information content (AvgIpc) is 2.49. The standard InChI is InChI=1S/C17H16F3NO2/c1-9-7-12(18)4-5-13(9)17(23)21-10(2)16(22)11-3-6-14(19)15(20)8-11/h3-8,10,16,22H,1-2H3,(H,21,23). The molecule has 0 spiro atoms. The molecule has 6 heteroatoms. The van der Waals surface area contributed by atoms with Crippen molar-refractivity contribution < 1.29 is 23.1 Å². The molecular formula is C17H16F3NO2.